The van der Waals surface area contributed by atoms with E-state index in [0.29, 0.717) is 6.42 Å². The van der Waals surface area contributed by atoms with Crippen molar-refractivity contribution in [3.05, 3.63) is 0 Å². The lowest BCUT2D eigenvalue weighted by Gasteiger charge is -2.23. The summed E-state index contributed by atoms with van der Waals surface area (Å²) < 4.78 is 10.5. The minimum atomic E-state index is -1.02. The summed E-state index contributed by atoms with van der Waals surface area (Å²) in [5, 5.41) is 0. The molecule has 2 N–H and O–H groups in total. The van der Waals surface area contributed by atoms with Crippen LogP contribution in [-0.2, 0) is 19.1 Å². The monoisotopic (exact) mass is 271 g/mol. The molecular formula is C14H25NO4. The maximum absolute atomic E-state index is 11.9. The van der Waals surface area contributed by atoms with E-state index in [9.17, 15) is 9.59 Å². The van der Waals surface area contributed by atoms with Crippen LogP contribution in [0.3, 0.4) is 0 Å². The topological polar surface area (TPSA) is 78.6 Å². The van der Waals surface area contributed by atoms with Crippen molar-refractivity contribution >= 4 is 11.9 Å². The number of hydrogen-bond acceptors (Lipinski definition) is 5. The van der Waals surface area contributed by atoms with Gasteiger partial charge in [-0.05, 0) is 48.0 Å². The molecule has 1 fully saturated rings. The molecule has 0 aliphatic heterocycles. The van der Waals surface area contributed by atoms with Gasteiger partial charge >= 0.3 is 11.9 Å². The molecule has 1 rings (SSSR count). The molecule has 0 aromatic rings. The van der Waals surface area contributed by atoms with Gasteiger partial charge in [-0.2, -0.15) is 0 Å². The van der Waals surface area contributed by atoms with Gasteiger partial charge in [-0.1, -0.05) is 0 Å². The Labute approximate surface area is 114 Å². The van der Waals surface area contributed by atoms with Crippen LogP contribution < -0.4 is 5.73 Å². The normalized spacial score (nSPS) is 26.8. The summed E-state index contributed by atoms with van der Waals surface area (Å²) >= 11 is 0. The maximum Gasteiger partial charge on any atom is 0.326 e. The van der Waals surface area contributed by atoms with Crippen LogP contribution in [-0.4, -0.2) is 28.7 Å². The molecule has 2 unspecified atom stereocenters. The molecule has 0 bridgehead atoms. The zero-order valence-corrected chi connectivity index (χ0v) is 12.7. The van der Waals surface area contributed by atoms with Crippen molar-refractivity contribution in [2.45, 2.75) is 71.1 Å². The van der Waals surface area contributed by atoms with Gasteiger partial charge in [0, 0.05) is 5.92 Å². The zero-order chi connectivity index (χ0) is 15.1. The predicted octanol–water partition coefficient (Wildman–Crippen LogP) is 1.78. The van der Waals surface area contributed by atoms with E-state index in [1.165, 1.54) is 0 Å². The number of esters is 2. The number of hydrogen-bond donors (Lipinski definition) is 1. The highest BCUT2D eigenvalue weighted by Crippen LogP contribution is 2.45. The van der Waals surface area contributed by atoms with Crippen LogP contribution >= 0.6 is 0 Å². The van der Waals surface area contributed by atoms with Gasteiger partial charge in [0.25, 0.3) is 0 Å². The minimum Gasteiger partial charge on any atom is -0.460 e. The quantitative estimate of drug-likeness (QED) is 0.791. The number of nitrogens with two attached hydrogens (primary N) is 1. The van der Waals surface area contributed by atoms with Gasteiger partial charge in [0.1, 0.15) is 16.7 Å². The molecular weight excluding hydrogens is 246 g/mol. The summed E-state index contributed by atoms with van der Waals surface area (Å²) in [7, 11) is 0. The summed E-state index contributed by atoms with van der Waals surface area (Å²) in [5.74, 6) is -0.945. The molecule has 5 nitrogen and oxygen atoms in total. The van der Waals surface area contributed by atoms with Gasteiger partial charge in [0.2, 0.25) is 0 Å². The summed E-state index contributed by atoms with van der Waals surface area (Å²) in [5.41, 5.74) is 3.86. The lowest BCUT2D eigenvalue weighted by molar-refractivity contribution is -0.158. The van der Waals surface area contributed by atoms with Crippen molar-refractivity contribution in [2.24, 2.45) is 11.7 Å². The average molecular weight is 271 g/mol. The summed E-state index contributed by atoms with van der Waals surface area (Å²) in [6.45, 7) is 10.8. The van der Waals surface area contributed by atoms with Crippen molar-refractivity contribution in [3.8, 4) is 0 Å². The van der Waals surface area contributed by atoms with E-state index >= 15 is 0 Å². The molecule has 110 valence electrons. The first kappa shape index (κ1) is 16.0. The molecule has 1 saturated carbocycles. The molecule has 0 heterocycles. The second kappa shape index (κ2) is 4.78. The summed E-state index contributed by atoms with van der Waals surface area (Å²) in [6, 6.07) is 0. The molecule has 2 atom stereocenters. The zero-order valence-electron chi connectivity index (χ0n) is 12.7. The van der Waals surface area contributed by atoms with E-state index in [1.807, 2.05) is 0 Å². The average Bonchev–Trinajstić information content (AvgIpc) is 2.71. The molecule has 19 heavy (non-hydrogen) atoms. The summed E-state index contributed by atoms with van der Waals surface area (Å²) in [6.07, 6.45) is 0.633. The van der Waals surface area contributed by atoms with Gasteiger partial charge < -0.3 is 15.2 Å². The fraction of sp³-hybridized carbons (Fsp3) is 0.857. The van der Waals surface area contributed by atoms with E-state index in [0.717, 1.165) is 0 Å². The van der Waals surface area contributed by atoms with Gasteiger partial charge in [0.15, 0.2) is 0 Å². The standard InChI is InChI=1S/C14H25NO4/c1-12(2,3)18-10(16)7-9-8-14(9,15)11(17)19-13(4,5)6/h9H,7-8,15H2,1-6H3. The molecule has 0 aromatic heterocycles. The molecule has 0 aromatic carbocycles. The Hall–Kier alpha value is -1.10. The van der Waals surface area contributed by atoms with Crippen LogP contribution in [0.1, 0.15) is 54.4 Å². The highest BCUT2D eigenvalue weighted by Gasteiger charge is 2.59. The van der Waals surface area contributed by atoms with E-state index in [1.54, 1.807) is 41.5 Å². The van der Waals surface area contributed by atoms with E-state index in [4.69, 9.17) is 15.2 Å². The van der Waals surface area contributed by atoms with Crippen LogP contribution in [0, 0.1) is 5.92 Å². The van der Waals surface area contributed by atoms with Crippen LogP contribution in [0.15, 0.2) is 0 Å². The van der Waals surface area contributed by atoms with Crippen LogP contribution in [0.5, 0.6) is 0 Å². The lowest BCUT2D eigenvalue weighted by Crippen LogP contribution is -2.41. The molecule has 1 aliphatic carbocycles. The highest BCUT2D eigenvalue weighted by molar-refractivity contribution is 5.86. The number of ether oxygens (including phenoxy) is 2. The molecule has 0 spiro atoms. The Bertz CT molecular complexity index is 378. The van der Waals surface area contributed by atoms with Crippen LogP contribution in [0.2, 0.25) is 0 Å². The van der Waals surface area contributed by atoms with Gasteiger partial charge in [-0.15, -0.1) is 0 Å². The first-order chi connectivity index (χ1) is 8.33. The Morgan fingerprint density at radius 1 is 1.11 bits per heavy atom. The van der Waals surface area contributed by atoms with Gasteiger partial charge in [-0.3, -0.25) is 9.59 Å². The Kier molecular flexibility index (Phi) is 4.01. The predicted molar refractivity (Wildman–Crippen MR) is 71.3 cm³/mol. The van der Waals surface area contributed by atoms with Crippen molar-refractivity contribution in [2.75, 3.05) is 0 Å². The van der Waals surface area contributed by atoms with Crippen molar-refractivity contribution in [1.29, 1.82) is 0 Å². The second-order valence-electron chi connectivity index (χ2n) is 7.23. The number of carbonyl (C=O) groups is 2. The molecule has 0 saturated heterocycles. The first-order valence-corrected chi connectivity index (χ1v) is 6.58. The SMILES string of the molecule is CC(C)(C)OC(=O)CC1CC1(N)C(=O)OC(C)(C)C. The fourth-order valence-corrected chi connectivity index (χ4v) is 1.81. The number of carbonyl (C=O) groups excluding carboxylic acids is 2. The maximum atomic E-state index is 11.9. The van der Waals surface area contributed by atoms with E-state index in [2.05, 4.69) is 0 Å². The first-order valence-electron chi connectivity index (χ1n) is 6.58. The third kappa shape index (κ3) is 4.82. The third-order valence-corrected chi connectivity index (χ3v) is 2.76. The number of rotatable bonds is 3. The van der Waals surface area contributed by atoms with Gasteiger partial charge in [0.05, 0.1) is 6.42 Å². The Morgan fingerprint density at radius 2 is 1.58 bits per heavy atom. The second-order valence-corrected chi connectivity index (χ2v) is 7.23. The molecule has 1 aliphatic rings. The molecule has 0 amide bonds. The smallest absolute Gasteiger partial charge is 0.326 e. The van der Waals surface area contributed by atoms with Crippen molar-refractivity contribution < 1.29 is 19.1 Å². The van der Waals surface area contributed by atoms with Crippen LogP contribution in [0.25, 0.3) is 0 Å². The van der Waals surface area contributed by atoms with Crippen molar-refractivity contribution in [3.63, 3.8) is 0 Å². The molecule has 5 heteroatoms. The summed E-state index contributed by atoms with van der Waals surface area (Å²) in [4.78, 5) is 23.6. The minimum absolute atomic E-state index is 0.160. The van der Waals surface area contributed by atoms with E-state index in [-0.39, 0.29) is 18.3 Å². The fourth-order valence-electron chi connectivity index (χ4n) is 1.81. The largest absolute Gasteiger partial charge is 0.460 e. The van der Waals surface area contributed by atoms with Crippen LogP contribution in [0.4, 0.5) is 0 Å². The Morgan fingerprint density at radius 3 is 2.00 bits per heavy atom. The Balaban J connectivity index is 2.49. The van der Waals surface area contributed by atoms with Gasteiger partial charge in [-0.25, -0.2) is 0 Å². The highest BCUT2D eigenvalue weighted by atomic mass is 16.6. The van der Waals surface area contributed by atoms with E-state index < -0.39 is 22.7 Å². The van der Waals surface area contributed by atoms with Crippen molar-refractivity contribution in [1.82, 2.24) is 0 Å². The molecule has 0 radical (unpaired) electrons. The third-order valence-electron chi connectivity index (χ3n) is 2.76. The lowest BCUT2D eigenvalue weighted by atomic mass is 10.1.